The van der Waals surface area contributed by atoms with Crippen LogP contribution >= 0.6 is 0 Å². The van der Waals surface area contributed by atoms with Crippen LogP contribution in [0.1, 0.15) is 12.6 Å². The molecule has 10 nitrogen and oxygen atoms in total. The summed E-state index contributed by atoms with van der Waals surface area (Å²) in [6.45, 7) is 0.182. The van der Waals surface area contributed by atoms with Gasteiger partial charge < -0.3 is 19.9 Å². The van der Waals surface area contributed by atoms with Crippen molar-refractivity contribution >= 4 is 11.2 Å². The molecule has 0 bridgehead atoms. The number of methoxy groups -OCH3 is 1. The van der Waals surface area contributed by atoms with E-state index in [1.54, 1.807) is 0 Å². The third-order valence-corrected chi connectivity index (χ3v) is 3.24. The van der Waals surface area contributed by atoms with Crippen LogP contribution in [0.25, 0.3) is 11.2 Å². The molecule has 0 radical (unpaired) electrons. The van der Waals surface area contributed by atoms with E-state index in [1.807, 2.05) is 0 Å². The molecule has 2 aromatic rings. The molecule has 10 heteroatoms. The van der Waals surface area contributed by atoms with Crippen LogP contribution in [0.2, 0.25) is 0 Å². The van der Waals surface area contributed by atoms with Crippen molar-refractivity contribution in [2.24, 2.45) is 0 Å². The maximum absolute atomic E-state index is 11.6. The lowest BCUT2D eigenvalue weighted by Crippen LogP contribution is -2.37. The second kappa shape index (κ2) is 7.42. The standard InChI is InChI=1S/C12H18N4O6/c1-20-7(3-4-22-21-2)9(17)12(19)16-6-15-8-10(16)13-5-14-11(8)18/h5-7,9,12,17,19H,3-4H2,1-2H3,(H,13,14,18). The van der Waals surface area contributed by atoms with Crippen LogP contribution in [0.3, 0.4) is 0 Å². The fourth-order valence-electron chi connectivity index (χ4n) is 2.09. The first-order chi connectivity index (χ1) is 10.6. The summed E-state index contributed by atoms with van der Waals surface area (Å²) in [6, 6.07) is 0. The number of ether oxygens (including phenoxy) is 1. The van der Waals surface area contributed by atoms with Crippen molar-refractivity contribution in [1.82, 2.24) is 19.5 Å². The highest BCUT2D eigenvalue weighted by atomic mass is 17.2. The van der Waals surface area contributed by atoms with Crippen molar-refractivity contribution in [1.29, 1.82) is 0 Å². The Morgan fingerprint density at radius 3 is 2.82 bits per heavy atom. The minimum Gasteiger partial charge on any atom is -0.386 e. The van der Waals surface area contributed by atoms with Crippen LogP contribution in [-0.2, 0) is 14.5 Å². The minimum absolute atomic E-state index is 0.0745. The Morgan fingerprint density at radius 1 is 1.36 bits per heavy atom. The highest BCUT2D eigenvalue weighted by Crippen LogP contribution is 2.19. The molecule has 2 rings (SSSR count). The van der Waals surface area contributed by atoms with Gasteiger partial charge in [0.2, 0.25) is 0 Å². The molecule has 0 aliphatic heterocycles. The number of fused-ring (bicyclic) bond motifs is 1. The fraction of sp³-hybridized carbons (Fsp3) is 0.583. The first-order valence-corrected chi connectivity index (χ1v) is 6.55. The van der Waals surface area contributed by atoms with E-state index in [4.69, 9.17) is 9.62 Å². The van der Waals surface area contributed by atoms with Gasteiger partial charge in [0.05, 0.1) is 32.5 Å². The van der Waals surface area contributed by atoms with Crippen molar-refractivity contribution in [3.63, 3.8) is 0 Å². The van der Waals surface area contributed by atoms with E-state index in [9.17, 15) is 15.0 Å². The average Bonchev–Trinajstić information content (AvgIpc) is 2.96. The molecule has 0 saturated carbocycles. The molecule has 22 heavy (non-hydrogen) atoms. The van der Waals surface area contributed by atoms with E-state index in [0.29, 0.717) is 6.42 Å². The summed E-state index contributed by atoms with van der Waals surface area (Å²) in [4.78, 5) is 31.0. The first kappa shape index (κ1) is 16.5. The van der Waals surface area contributed by atoms with Crippen LogP contribution in [0.4, 0.5) is 0 Å². The molecule has 0 amide bonds. The van der Waals surface area contributed by atoms with E-state index in [-0.39, 0.29) is 17.8 Å². The molecular weight excluding hydrogens is 296 g/mol. The van der Waals surface area contributed by atoms with Crippen molar-refractivity contribution < 1.29 is 24.7 Å². The predicted octanol–water partition coefficient (Wildman–Crippen LogP) is -1.05. The lowest BCUT2D eigenvalue weighted by atomic mass is 10.1. The number of aromatic amines is 1. The van der Waals surface area contributed by atoms with Gasteiger partial charge in [-0.05, 0) is 0 Å². The second-order valence-electron chi connectivity index (χ2n) is 4.51. The van der Waals surface area contributed by atoms with Gasteiger partial charge in [-0.2, -0.15) is 0 Å². The molecule has 3 atom stereocenters. The minimum atomic E-state index is -1.38. The summed E-state index contributed by atoms with van der Waals surface area (Å²) in [5, 5.41) is 20.5. The van der Waals surface area contributed by atoms with Crippen LogP contribution in [-0.4, -0.2) is 62.8 Å². The van der Waals surface area contributed by atoms with Crippen LogP contribution < -0.4 is 5.56 Å². The van der Waals surface area contributed by atoms with Crippen LogP contribution in [0, 0.1) is 0 Å². The Labute approximate surface area is 125 Å². The Morgan fingerprint density at radius 2 is 2.14 bits per heavy atom. The van der Waals surface area contributed by atoms with Gasteiger partial charge >= 0.3 is 0 Å². The maximum Gasteiger partial charge on any atom is 0.278 e. The zero-order valence-corrected chi connectivity index (χ0v) is 12.2. The molecule has 0 aliphatic carbocycles. The summed E-state index contributed by atoms with van der Waals surface area (Å²) in [7, 11) is 2.77. The van der Waals surface area contributed by atoms with E-state index >= 15 is 0 Å². The highest BCUT2D eigenvalue weighted by molar-refractivity contribution is 5.68. The van der Waals surface area contributed by atoms with Crippen LogP contribution in [0.15, 0.2) is 17.4 Å². The maximum atomic E-state index is 11.6. The zero-order valence-electron chi connectivity index (χ0n) is 12.2. The molecule has 3 N–H and O–H groups in total. The quantitative estimate of drug-likeness (QED) is 0.320. The molecular formula is C12H18N4O6. The van der Waals surface area contributed by atoms with Gasteiger partial charge in [-0.3, -0.25) is 9.36 Å². The Balaban J connectivity index is 2.19. The third-order valence-electron chi connectivity index (χ3n) is 3.24. The number of hydrogen-bond acceptors (Lipinski definition) is 8. The van der Waals surface area contributed by atoms with E-state index in [2.05, 4.69) is 19.8 Å². The molecule has 3 unspecified atom stereocenters. The smallest absolute Gasteiger partial charge is 0.278 e. The molecule has 0 fully saturated rings. The van der Waals surface area contributed by atoms with Crippen LogP contribution in [0.5, 0.6) is 0 Å². The van der Waals surface area contributed by atoms with Crippen molar-refractivity contribution in [3.8, 4) is 0 Å². The summed E-state index contributed by atoms with van der Waals surface area (Å²) in [6.07, 6.45) is -0.634. The Kier molecular flexibility index (Phi) is 5.57. The molecule has 0 spiro atoms. The number of nitrogens with zero attached hydrogens (tertiary/aromatic N) is 3. The van der Waals surface area contributed by atoms with Crippen molar-refractivity contribution in [3.05, 3.63) is 23.0 Å². The number of hydrogen-bond donors (Lipinski definition) is 3. The first-order valence-electron chi connectivity index (χ1n) is 6.55. The van der Waals surface area contributed by atoms with Gasteiger partial charge in [-0.1, -0.05) is 0 Å². The van der Waals surface area contributed by atoms with E-state index in [0.717, 1.165) is 0 Å². The topological polar surface area (TPSA) is 132 Å². The zero-order chi connectivity index (χ0) is 16.1. The number of H-pyrrole nitrogens is 1. The largest absolute Gasteiger partial charge is 0.386 e. The molecule has 0 aromatic carbocycles. The van der Waals surface area contributed by atoms with Gasteiger partial charge in [0.15, 0.2) is 17.4 Å². The molecule has 122 valence electrons. The molecule has 2 heterocycles. The van der Waals surface area contributed by atoms with E-state index < -0.39 is 24.0 Å². The Hall–Kier alpha value is -1.85. The summed E-state index contributed by atoms with van der Waals surface area (Å²) < 4.78 is 6.35. The van der Waals surface area contributed by atoms with E-state index in [1.165, 1.54) is 31.4 Å². The van der Waals surface area contributed by atoms with Crippen molar-refractivity contribution in [2.75, 3.05) is 20.8 Å². The van der Waals surface area contributed by atoms with Gasteiger partial charge in [-0.15, -0.1) is 0 Å². The fourth-order valence-corrected chi connectivity index (χ4v) is 2.09. The number of rotatable bonds is 8. The van der Waals surface area contributed by atoms with Gasteiger partial charge in [-0.25, -0.2) is 19.7 Å². The molecule has 0 aliphatic rings. The summed E-state index contributed by atoms with van der Waals surface area (Å²) in [5.41, 5.74) is -0.189. The third kappa shape index (κ3) is 3.31. The summed E-state index contributed by atoms with van der Waals surface area (Å²) in [5.74, 6) is 0. The second-order valence-corrected chi connectivity index (χ2v) is 4.51. The highest BCUT2D eigenvalue weighted by Gasteiger charge is 2.29. The molecule has 2 aromatic heterocycles. The van der Waals surface area contributed by atoms with Gasteiger partial charge in [0, 0.05) is 13.5 Å². The van der Waals surface area contributed by atoms with Gasteiger partial charge in [0.25, 0.3) is 5.56 Å². The van der Waals surface area contributed by atoms with Gasteiger partial charge in [0.1, 0.15) is 6.10 Å². The summed E-state index contributed by atoms with van der Waals surface area (Å²) >= 11 is 0. The lowest BCUT2D eigenvalue weighted by molar-refractivity contribution is -0.277. The normalized spacial score (nSPS) is 15.8. The number of imidazole rings is 1. The average molecular weight is 314 g/mol. The Bertz CT molecular complexity index is 656. The molecule has 0 saturated heterocycles. The van der Waals surface area contributed by atoms with Crippen molar-refractivity contribution in [2.45, 2.75) is 24.9 Å². The number of aliphatic hydroxyl groups is 2. The SMILES string of the molecule is COOCCC(OC)C(O)C(O)n1cnc2c(=O)[nH]cnc21. The number of aliphatic hydroxyl groups excluding tert-OH is 2. The lowest BCUT2D eigenvalue weighted by Gasteiger charge is -2.26. The number of nitrogens with one attached hydrogen (secondary N) is 1. The monoisotopic (exact) mass is 314 g/mol. The number of aromatic nitrogens is 4. The predicted molar refractivity (Wildman–Crippen MR) is 73.8 cm³/mol.